The maximum Gasteiger partial charge on any atom is 0.256 e. The van der Waals surface area contributed by atoms with Gasteiger partial charge >= 0.3 is 0 Å². The molecule has 5 heteroatoms. The minimum Gasteiger partial charge on any atom is -0.369 e. The van der Waals surface area contributed by atoms with Crippen LogP contribution in [0.2, 0.25) is 0 Å². The number of benzene rings is 3. The van der Waals surface area contributed by atoms with Crippen molar-refractivity contribution in [2.24, 2.45) is 0 Å². The first-order valence-electron chi connectivity index (χ1n) is 11.4. The van der Waals surface area contributed by atoms with Gasteiger partial charge in [0.1, 0.15) is 0 Å². The number of fused-ring (bicyclic) bond motifs is 1. The highest BCUT2D eigenvalue weighted by Crippen LogP contribution is 2.27. The predicted molar refractivity (Wildman–Crippen MR) is 136 cm³/mol. The second-order valence-electron chi connectivity index (χ2n) is 8.73. The van der Waals surface area contributed by atoms with Crippen LogP contribution in [0.5, 0.6) is 0 Å². The Labute approximate surface area is 194 Å². The Balaban J connectivity index is 1.43. The molecule has 1 N–H and O–H groups in total. The summed E-state index contributed by atoms with van der Waals surface area (Å²) in [5.74, 6) is -0.127. The molecule has 3 aromatic carbocycles. The molecule has 1 saturated heterocycles. The Morgan fingerprint density at radius 3 is 2.33 bits per heavy atom. The number of piperazine rings is 1. The second kappa shape index (κ2) is 9.04. The van der Waals surface area contributed by atoms with E-state index in [4.69, 9.17) is 4.98 Å². The highest BCUT2D eigenvalue weighted by Gasteiger charge is 2.16. The summed E-state index contributed by atoms with van der Waals surface area (Å²) in [6.45, 7) is 6.20. The van der Waals surface area contributed by atoms with Gasteiger partial charge < -0.3 is 15.1 Å². The smallest absolute Gasteiger partial charge is 0.256 e. The summed E-state index contributed by atoms with van der Waals surface area (Å²) in [5.41, 5.74) is 6.31. The lowest BCUT2D eigenvalue weighted by Crippen LogP contribution is -2.44. The number of carbonyl (C=O) groups is 1. The quantitative estimate of drug-likeness (QED) is 0.477. The molecule has 1 amide bonds. The second-order valence-corrected chi connectivity index (χ2v) is 8.73. The highest BCUT2D eigenvalue weighted by molar-refractivity contribution is 6.13. The monoisotopic (exact) mass is 436 g/mol. The van der Waals surface area contributed by atoms with E-state index in [9.17, 15) is 4.79 Å². The molecule has 0 unspecified atom stereocenters. The molecule has 1 aliphatic heterocycles. The summed E-state index contributed by atoms with van der Waals surface area (Å²) < 4.78 is 0. The Hall–Kier alpha value is -3.70. The molecule has 2 heterocycles. The topological polar surface area (TPSA) is 48.5 Å². The van der Waals surface area contributed by atoms with Gasteiger partial charge in [0.2, 0.25) is 0 Å². The maximum absolute atomic E-state index is 13.4. The molecule has 0 saturated carbocycles. The average Bonchev–Trinajstić information content (AvgIpc) is 2.85. The summed E-state index contributed by atoms with van der Waals surface area (Å²) >= 11 is 0. The van der Waals surface area contributed by atoms with E-state index in [1.807, 2.05) is 73.7 Å². The molecule has 1 fully saturated rings. The van der Waals surface area contributed by atoms with E-state index < -0.39 is 0 Å². The first-order chi connectivity index (χ1) is 16.1. The molecule has 0 bridgehead atoms. The number of nitrogens with zero attached hydrogens (tertiary/aromatic N) is 3. The molecule has 5 nitrogen and oxygen atoms in total. The van der Waals surface area contributed by atoms with Crippen LogP contribution in [0, 0.1) is 6.92 Å². The number of pyridine rings is 1. The van der Waals surface area contributed by atoms with Crippen LogP contribution in [-0.4, -0.2) is 49.0 Å². The van der Waals surface area contributed by atoms with E-state index in [0.717, 1.165) is 59.6 Å². The number of likely N-dealkylation sites (N-methyl/N-ethyl adjacent to an activating group) is 1. The zero-order valence-electron chi connectivity index (χ0n) is 19.1. The van der Waals surface area contributed by atoms with Crippen molar-refractivity contribution in [2.45, 2.75) is 6.92 Å². The predicted octanol–water partition coefficient (Wildman–Crippen LogP) is 5.21. The van der Waals surface area contributed by atoms with Crippen molar-refractivity contribution in [3.63, 3.8) is 0 Å². The number of anilines is 2. The Kier molecular flexibility index (Phi) is 5.80. The molecule has 1 aliphatic rings. The summed E-state index contributed by atoms with van der Waals surface area (Å²) in [5, 5.41) is 3.95. The van der Waals surface area contributed by atoms with Crippen molar-refractivity contribution in [1.82, 2.24) is 9.88 Å². The zero-order valence-corrected chi connectivity index (χ0v) is 19.1. The van der Waals surface area contributed by atoms with Gasteiger partial charge in [0.05, 0.1) is 16.8 Å². The molecule has 0 atom stereocenters. The van der Waals surface area contributed by atoms with Gasteiger partial charge in [0.25, 0.3) is 5.91 Å². The molecular formula is C28H28N4O. The van der Waals surface area contributed by atoms with Gasteiger partial charge in [-0.1, -0.05) is 42.0 Å². The molecule has 5 rings (SSSR count). The van der Waals surface area contributed by atoms with Gasteiger partial charge in [-0.05, 0) is 56.4 Å². The Morgan fingerprint density at radius 1 is 0.879 bits per heavy atom. The first-order valence-corrected chi connectivity index (χ1v) is 11.4. The van der Waals surface area contributed by atoms with Crippen LogP contribution >= 0.6 is 0 Å². The third kappa shape index (κ3) is 4.59. The molecular weight excluding hydrogens is 408 g/mol. The number of carbonyl (C=O) groups excluding carboxylic acids is 1. The number of hydrogen-bond donors (Lipinski definition) is 1. The minimum absolute atomic E-state index is 0.127. The highest BCUT2D eigenvalue weighted by atomic mass is 16.1. The Morgan fingerprint density at radius 2 is 1.61 bits per heavy atom. The van der Waals surface area contributed by atoms with Crippen molar-refractivity contribution in [2.75, 3.05) is 43.4 Å². The third-order valence-electron chi connectivity index (χ3n) is 6.27. The average molecular weight is 437 g/mol. The molecule has 1 aromatic heterocycles. The molecule has 0 spiro atoms. The van der Waals surface area contributed by atoms with Crippen LogP contribution in [0.4, 0.5) is 11.4 Å². The molecule has 33 heavy (non-hydrogen) atoms. The lowest BCUT2D eigenvalue weighted by Gasteiger charge is -2.34. The van der Waals surface area contributed by atoms with Gasteiger partial charge in [-0.25, -0.2) is 4.98 Å². The fourth-order valence-electron chi connectivity index (χ4n) is 4.30. The zero-order chi connectivity index (χ0) is 22.8. The van der Waals surface area contributed by atoms with E-state index in [1.54, 1.807) is 0 Å². The molecule has 4 aromatic rings. The fraction of sp³-hybridized carbons (Fsp3) is 0.214. The van der Waals surface area contributed by atoms with Crippen molar-refractivity contribution >= 4 is 28.2 Å². The van der Waals surface area contributed by atoms with Crippen LogP contribution in [-0.2, 0) is 0 Å². The van der Waals surface area contributed by atoms with Crippen LogP contribution in [0.1, 0.15) is 15.9 Å². The fourth-order valence-corrected chi connectivity index (χ4v) is 4.30. The van der Waals surface area contributed by atoms with Gasteiger partial charge in [-0.2, -0.15) is 0 Å². The van der Waals surface area contributed by atoms with Gasteiger partial charge in [0, 0.05) is 48.5 Å². The summed E-state index contributed by atoms with van der Waals surface area (Å²) in [6.07, 6.45) is 0. The van der Waals surface area contributed by atoms with Crippen LogP contribution in [0.3, 0.4) is 0 Å². The van der Waals surface area contributed by atoms with E-state index in [1.165, 1.54) is 5.69 Å². The van der Waals surface area contributed by atoms with Crippen molar-refractivity contribution in [3.8, 4) is 11.3 Å². The third-order valence-corrected chi connectivity index (χ3v) is 6.27. The largest absolute Gasteiger partial charge is 0.369 e. The number of hydrogen-bond acceptors (Lipinski definition) is 4. The van der Waals surface area contributed by atoms with Gasteiger partial charge in [0.15, 0.2) is 0 Å². The molecule has 166 valence electrons. The SMILES string of the molecule is Cc1ccc2nc(-c3ccccc3)cc(C(=O)Nc3ccc(N4CCN(C)CC4)cc3)c2c1. The first kappa shape index (κ1) is 21.2. The van der Waals surface area contributed by atoms with E-state index in [2.05, 4.69) is 34.3 Å². The minimum atomic E-state index is -0.127. The van der Waals surface area contributed by atoms with Crippen molar-refractivity contribution in [1.29, 1.82) is 0 Å². The van der Waals surface area contributed by atoms with Gasteiger partial charge in [-0.3, -0.25) is 4.79 Å². The van der Waals surface area contributed by atoms with E-state index in [0.29, 0.717) is 5.56 Å². The van der Waals surface area contributed by atoms with Crippen molar-refractivity contribution < 1.29 is 4.79 Å². The van der Waals surface area contributed by atoms with Gasteiger partial charge in [-0.15, -0.1) is 0 Å². The Bertz CT molecular complexity index is 1280. The standard InChI is InChI=1S/C28H28N4O/c1-20-8-13-26-24(18-20)25(19-27(30-26)21-6-4-3-5-7-21)28(33)29-22-9-11-23(12-10-22)32-16-14-31(2)15-17-32/h3-13,18-19H,14-17H2,1-2H3,(H,29,33). The summed E-state index contributed by atoms with van der Waals surface area (Å²) in [6, 6.07) is 26.1. The summed E-state index contributed by atoms with van der Waals surface area (Å²) in [7, 11) is 2.16. The van der Waals surface area contributed by atoms with E-state index in [-0.39, 0.29) is 5.91 Å². The van der Waals surface area contributed by atoms with Crippen LogP contribution in [0.15, 0.2) is 78.9 Å². The van der Waals surface area contributed by atoms with Crippen molar-refractivity contribution in [3.05, 3.63) is 90.0 Å². The lowest BCUT2D eigenvalue weighted by atomic mass is 10.0. The van der Waals surface area contributed by atoms with E-state index >= 15 is 0 Å². The number of amides is 1. The van der Waals surface area contributed by atoms with Crippen LogP contribution in [0.25, 0.3) is 22.2 Å². The number of aromatic nitrogens is 1. The maximum atomic E-state index is 13.4. The number of rotatable bonds is 4. The summed E-state index contributed by atoms with van der Waals surface area (Å²) in [4.78, 5) is 22.9. The normalized spacial score (nSPS) is 14.4. The van der Waals surface area contributed by atoms with Crippen LogP contribution < -0.4 is 10.2 Å². The number of nitrogens with one attached hydrogen (secondary N) is 1. The molecule has 0 aliphatic carbocycles. The lowest BCUT2D eigenvalue weighted by molar-refractivity contribution is 0.102. The molecule has 0 radical (unpaired) electrons. The number of aryl methyl sites for hydroxylation is 1.